The number of rotatable bonds is 4. The standard InChI is InChI=1S/C5H13NOS.ClH/c1-8(7)5-3-2-4-6;/h2-6H2,1H3;1H/i1+2;. The van der Waals surface area contributed by atoms with Crippen LogP contribution in [-0.2, 0) is 10.8 Å². The molecule has 0 rings (SSSR count). The Hall–Kier alpha value is 0.400. The Morgan fingerprint density at radius 2 is 2.00 bits per heavy atom. The largest absolute Gasteiger partial charge is 1.00 e. The molecule has 0 fully saturated rings. The van der Waals surface area contributed by atoms with Crippen molar-refractivity contribution in [2.45, 2.75) is 12.8 Å². The summed E-state index contributed by atoms with van der Waals surface area (Å²) >= 11 is 0. The van der Waals surface area contributed by atoms with Crippen molar-refractivity contribution in [2.75, 3.05) is 18.6 Å². The smallest absolute Gasteiger partial charge is 0.0740 e. The van der Waals surface area contributed by atoms with Crippen LogP contribution in [-0.4, -0.2) is 22.8 Å². The third-order valence-electron chi connectivity index (χ3n) is 0.932. The molecule has 9 heavy (non-hydrogen) atoms. The Labute approximate surface area is 65.1 Å². The number of quaternary nitrogens is 1. The summed E-state index contributed by atoms with van der Waals surface area (Å²) in [6.07, 6.45) is 3.91. The Bertz CT molecular complexity index is 79.4. The maximum Gasteiger partial charge on any atom is 0.0740 e. The van der Waals surface area contributed by atoms with Gasteiger partial charge in [0.25, 0.3) is 0 Å². The summed E-state index contributed by atoms with van der Waals surface area (Å²) in [5.74, 6) is 0.843. The van der Waals surface area contributed by atoms with Gasteiger partial charge in [-0.3, -0.25) is 4.21 Å². The van der Waals surface area contributed by atoms with E-state index in [1.807, 2.05) is 0 Å². The highest BCUT2D eigenvalue weighted by Crippen LogP contribution is 1.86. The average molecular weight is 174 g/mol. The number of unbranched alkanes of at least 4 members (excludes halogenated alkanes) is 1. The molecule has 0 aliphatic carbocycles. The molecule has 1 atom stereocenters. The van der Waals surface area contributed by atoms with Gasteiger partial charge in [-0.05, 0) is 12.8 Å². The quantitative estimate of drug-likeness (QED) is 0.439. The van der Waals surface area contributed by atoms with Gasteiger partial charge in [0.1, 0.15) is 0 Å². The van der Waals surface area contributed by atoms with Crippen molar-refractivity contribution in [1.29, 1.82) is 0 Å². The number of hydrogen-bond acceptors (Lipinski definition) is 1. The molecule has 0 radical (unpaired) electrons. The molecule has 0 bridgehead atoms. The van der Waals surface area contributed by atoms with Crippen molar-refractivity contribution >= 4 is 10.8 Å². The molecule has 0 amide bonds. The topological polar surface area (TPSA) is 44.7 Å². The lowest BCUT2D eigenvalue weighted by atomic mass is 10.3. The van der Waals surface area contributed by atoms with E-state index in [0.29, 0.717) is 0 Å². The van der Waals surface area contributed by atoms with Gasteiger partial charge >= 0.3 is 0 Å². The molecular formula is C5H14ClNOS. The molecule has 0 aliphatic rings. The van der Waals surface area contributed by atoms with Crippen molar-refractivity contribution in [1.82, 2.24) is 0 Å². The van der Waals surface area contributed by atoms with E-state index < -0.39 is 10.8 Å². The summed E-state index contributed by atoms with van der Waals surface area (Å²) in [5.41, 5.74) is 3.68. The van der Waals surface area contributed by atoms with Gasteiger partial charge in [0.2, 0.25) is 0 Å². The second-order valence-electron chi connectivity index (χ2n) is 1.84. The summed E-state index contributed by atoms with van der Waals surface area (Å²) in [5, 5.41) is 0. The first kappa shape index (κ1) is 12.1. The summed E-state index contributed by atoms with van der Waals surface area (Å²) in [6, 6.07) is 0. The average Bonchev–Trinajstić information content (AvgIpc) is 1.66. The molecule has 0 aromatic rings. The van der Waals surface area contributed by atoms with Gasteiger partial charge in [-0.25, -0.2) is 0 Å². The summed E-state index contributed by atoms with van der Waals surface area (Å²) in [6.45, 7) is 0.969. The summed E-state index contributed by atoms with van der Waals surface area (Å²) in [4.78, 5) is 0. The maximum atomic E-state index is 10.4. The fraction of sp³-hybridized carbons (Fsp3) is 1.00. The van der Waals surface area contributed by atoms with Gasteiger partial charge in [-0.15, -0.1) is 0 Å². The molecule has 2 nitrogen and oxygen atoms in total. The van der Waals surface area contributed by atoms with Crippen LogP contribution in [0.2, 0.25) is 0 Å². The van der Waals surface area contributed by atoms with Crippen LogP contribution in [0.3, 0.4) is 0 Å². The van der Waals surface area contributed by atoms with Crippen molar-refractivity contribution < 1.29 is 22.3 Å². The Morgan fingerprint density at radius 3 is 2.33 bits per heavy atom. The minimum Gasteiger partial charge on any atom is -1.00 e. The predicted molar refractivity (Wildman–Crippen MR) is 35.9 cm³/mol. The molecule has 0 aliphatic heterocycles. The summed E-state index contributed by atoms with van der Waals surface area (Å²) in [7, 11) is -0.595. The SMILES string of the molecule is [14CH3]S(=O)CCCC[NH3+].[Cl-]. The van der Waals surface area contributed by atoms with Crippen LogP contribution in [0.4, 0.5) is 0 Å². The van der Waals surface area contributed by atoms with Crippen LogP contribution in [0.15, 0.2) is 0 Å². The molecule has 0 spiro atoms. The van der Waals surface area contributed by atoms with Crippen molar-refractivity contribution in [3.8, 4) is 0 Å². The van der Waals surface area contributed by atoms with Crippen LogP contribution in [0.1, 0.15) is 12.8 Å². The molecule has 58 valence electrons. The maximum absolute atomic E-state index is 10.4. The van der Waals surface area contributed by atoms with E-state index in [-0.39, 0.29) is 12.4 Å². The molecule has 0 saturated carbocycles. The van der Waals surface area contributed by atoms with Gasteiger partial charge in [0, 0.05) is 22.8 Å². The predicted octanol–water partition coefficient (Wildman–Crippen LogP) is -3.61. The van der Waals surface area contributed by atoms with Crippen LogP contribution in [0, 0.1) is 0 Å². The lowest BCUT2D eigenvalue weighted by molar-refractivity contribution is -0.368. The van der Waals surface area contributed by atoms with E-state index in [1.165, 1.54) is 0 Å². The van der Waals surface area contributed by atoms with E-state index in [1.54, 1.807) is 6.26 Å². The fourth-order valence-corrected chi connectivity index (χ4v) is 1.09. The van der Waals surface area contributed by atoms with E-state index in [0.717, 1.165) is 25.1 Å². The van der Waals surface area contributed by atoms with Gasteiger partial charge in [0.15, 0.2) is 0 Å². The molecular weight excluding hydrogens is 160 g/mol. The first-order chi connectivity index (χ1) is 3.77. The fourth-order valence-electron chi connectivity index (χ4n) is 0.482. The van der Waals surface area contributed by atoms with Crippen molar-refractivity contribution in [2.24, 2.45) is 0 Å². The molecule has 0 heterocycles. The second-order valence-corrected chi connectivity index (χ2v) is 3.39. The molecule has 3 N–H and O–H groups in total. The van der Waals surface area contributed by atoms with Crippen molar-refractivity contribution in [3.63, 3.8) is 0 Å². The van der Waals surface area contributed by atoms with Crippen LogP contribution in [0.5, 0.6) is 0 Å². The van der Waals surface area contributed by atoms with Crippen molar-refractivity contribution in [3.05, 3.63) is 0 Å². The van der Waals surface area contributed by atoms with Gasteiger partial charge in [0.05, 0.1) is 6.54 Å². The Balaban J connectivity index is 0. The second kappa shape index (κ2) is 8.40. The normalized spacial score (nSPS) is 12.2. The van der Waals surface area contributed by atoms with Gasteiger partial charge < -0.3 is 18.1 Å². The summed E-state index contributed by atoms with van der Waals surface area (Å²) < 4.78 is 10.4. The zero-order valence-corrected chi connectivity index (χ0v) is 7.30. The first-order valence-corrected chi connectivity index (χ1v) is 4.59. The molecule has 1 unspecified atom stereocenters. The zero-order valence-electron chi connectivity index (χ0n) is 5.73. The van der Waals surface area contributed by atoms with Gasteiger partial charge in [-0.2, -0.15) is 0 Å². The molecule has 0 aromatic heterocycles. The Kier molecular flexibility index (Phi) is 11.3. The van der Waals surface area contributed by atoms with E-state index in [4.69, 9.17) is 0 Å². The highest BCUT2D eigenvalue weighted by Gasteiger charge is 1.89. The minimum absolute atomic E-state index is 0. The lowest BCUT2D eigenvalue weighted by Gasteiger charge is -1.90. The van der Waals surface area contributed by atoms with Crippen LogP contribution >= 0.6 is 0 Å². The van der Waals surface area contributed by atoms with E-state index in [2.05, 4.69) is 5.73 Å². The number of hydrogen-bond donors (Lipinski definition) is 1. The Morgan fingerprint density at radius 1 is 1.44 bits per heavy atom. The highest BCUT2D eigenvalue weighted by molar-refractivity contribution is 7.84. The highest BCUT2D eigenvalue weighted by atomic mass is 35.5. The molecule has 0 aromatic carbocycles. The van der Waals surface area contributed by atoms with Crippen LogP contribution in [0.25, 0.3) is 0 Å². The third kappa shape index (κ3) is 11.8. The third-order valence-corrected chi connectivity index (χ3v) is 1.80. The van der Waals surface area contributed by atoms with Crippen LogP contribution < -0.4 is 18.1 Å². The lowest BCUT2D eigenvalue weighted by Crippen LogP contribution is -3.00. The minimum atomic E-state index is -0.595. The van der Waals surface area contributed by atoms with Gasteiger partial charge in [-0.1, -0.05) is 0 Å². The van der Waals surface area contributed by atoms with E-state index in [9.17, 15) is 4.21 Å². The zero-order chi connectivity index (χ0) is 6.41. The van der Waals surface area contributed by atoms with E-state index >= 15 is 0 Å². The molecule has 4 heteroatoms. The first-order valence-electron chi connectivity index (χ1n) is 2.86. The number of halogens is 1. The monoisotopic (exact) mass is 173 g/mol. The molecule has 0 saturated heterocycles.